The van der Waals surface area contributed by atoms with Crippen LogP contribution in [0.4, 0.5) is 0 Å². The van der Waals surface area contributed by atoms with Gasteiger partial charge in [-0.15, -0.1) is 0 Å². The van der Waals surface area contributed by atoms with Gasteiger partial charge in [0.25, 0.3) is 0 Å². The van der Waals surface area contributed by atoms with E-state index in [0.29, 0.717) is 13.2 Å². The van der Waals surface area contributed by atoms with Crippen LogP contribution >= 0.6 is 29.9 Å². The third-order valence-corrected chi connectivity index (χ3v) is 24.7. The van der Waals surface area contributed by atoms with Crippen LogP contribution in [-0.4, -0.2) is 13.2 Å². The number of hydrogen-bond donors (Lipinski definition) is 0. The molecule has 391 valence electrons. The minimum absolute atomic E-state index is 0.548. The summed E-state index contributed by atoms with van der Waals surface area (Å²) in [7, 11) is -2.66. The number of fused-ring (bicyclic) bond motifs is 6. The Morgan fingerprint density at radius 2 is 0.887 bits per heavy atom. The fourth-order valence-electron chi connectivity index (χ4n) is 13.2. The molecule has 2 aromatic heterocycles. The zero-order chi connectivity index (χ0) is 54.8. The van der Waals surface area contributed by atoms with Gasteiger partial charge in [0.1, 0.15) is 0 Å². The Balaban J connectivity index is 1.20. The number of thiophene rings is 2. The predicted octanol–water partition coefficient (Wildman–Crippen LogP) is 17.9. The van der Waals surface area contributed by atoms with Crippen molar-refractivity contribution in [1.82, 2.24) is 0 Å². The summed E-state index contributed by atoms with van der Waals surface area (Å²) in [5.74, 6) is 0. The minimum Gasteiger partial charge on any atom is -0.0590 e. The van der Waals surface area contributed by atoms with Crippen LogP contribution in [0.15, 0.2) is 247 Å². The molecule has 0 bridgehead atoms. The first-order valence-corrected chi connectivity index (χ1v) is 32.3. The monoisotopic (exact) mass is 1260 g/mol. The van der Waals surface area contributed by atoms with Crippen molar-refractivity contribution < 1.29 is 22.7 Å². The summed E-state index contributed by atoms with van der Waals surface area (Å²) >= 11 is 5.75. The summed E-state index contributed by atoms with van der Waals surface area (Å²) in [6.07, 6.45) is 9.20. The third kappa shape index (κ3) is 8.18. The van der Waals surface area contributed by atoms with Gasteiger partial charge < -0.3 is 0 Å². The zero-order valence-electron chi connectivity index (χ0n) is 46.0. The van der Waals surface area contributed by atoms with E-state index in [1.165, 1.54) is 135 Å². The van der Waals surface area contributed by atoms with Crippen molar-refractivity contribution in [2.75, 3.05) is 13.2 Å². The molecule has 0 unspecified atom stereocenters. The van der Waals surface area contributed by atoms with Crippen LogP contribution < -0.4 is 15.9 Å². The van der Waals surface area contributed by atoms with Crippen LogP contribution in [0.25, 0.3) is 32.5 Å². The average Bonchev–Trinajstić information content (AvgIpc) is 3.28. The molecule has 13 rings (SSSR count). The molecule has 1 aliphatic heterocycles. The summed E-state index contributed by atoms with van der Waals surface area (Å²) in [5.41, 5.74) is 20.4. The van der Waals surface area contributed by atoms with Gasteiger partial charge >= 0.3 is 421 Å². The molecule has 80 heavy (non-hydrogen) atoms. The maximum atomic E-state index is 6.35. The zero-order valence-corrected chi connectivity index (χ0v) is 51.0. The van der Waals surface area contributed by atoms with Crippen LogP contribution in [0.5, 0.6) is 0 Å². The van der Waals surface area contributed by atoms with E-state index in [4.69, 9.17) is 4.74 Å². The number of allylic oxidation sites excluding steroid dienone is 5. The van der Waals surface area contributed by atoms with E-state index in [1.807, 2.05) is 40.6 Å². The Morgan fingerprint density at radius 1 is 0.487 bits per heavy atom. The molecule has 3 aliphatic rings. The molecular formula is C75H61OOsPS2+. The smallest absolute Gasteiger partial charge is 0.0590 e. The number of ether oxygens (including phenoxy) is 1. The molecule has 0 spiro atoms. The van der Waals surface area contributed by atoms with Gasteiger partial charge in [-0.25, -0.2) is 0 Å². The number of rotatable bonds is 11. The molecule has 0 saturated carbocycles. The second-order valence-electron chi connectivity index (χ2n) is 21.7. The Kier molecular flexibility index (Phi) is 13.8. The van der Waals surface area contributed by atoms with E-state index in [-0.39, 0.29) is 0 Å². The van der Waals surface area contributed by atoms with Crippen molar-refractivity contribution in [3.05, 3.63) is 324 Å². The Morgan fingerprint density at radius 3 is 1.29 bits per heavy atom. The van der Waals surface area contributed by atoms with E-state index < -0.39 is 18.1 Å². The standard InChI is InChI=1S/C75H61OPS2.Os/c1-8-19-63-43-69-72(78-63)65-44-68-66(45-67(65)74(69,56-34-26-49(3)27-35-56)57-36-28-50(4)29-37-57)73-70(75(68,58-38-30-51(5)31-39-58)59-40-32-52(6)33-41-59)46-71(79-73)64(42-55-48-76-47-54(55)9-2)53(7)77(60-20-13-10-14-21-60,61-22-15-11-16-23-61)62-24-17-12-18-25-62;/h8-46H,47-48H2,1-6H3;/q+1;/b19-8+,54-9?,55-42?,64-53?;. The molecule has 0 radical (unpaired) electrons. The Bertz CT molecular complexity index is 3980. The summed E-state index contributed by atoms with van der Waals surface area (Å²) in [4.78, 5) is 5.13. The van der Waals surface area contributed by atoms with E-state index in [0.717, 1.165) is 0 Å². The first-order chi connectivity index (χ1) is 39.1. The van der Waals surface area contributed by atoms with Gasteiger partial charge in [0, 0.05) is 4.88 Å². The molecule has 0 N–H and O–H groups in total. The average molecular weight is 1260 g/mol. The van der Waals surface area contributed by atoms with E-state index in [1.54, 1.807) is 0 Å². The van der Waals surface area contributed by atoms with Gasteiger partial charge in [-0.2, -0.15) is 0 Å². The first-order valence-electron chi connectivity index (χ1n) is 27.6. The molecule has 3 heterocycles. The molecule has 1 nitrogen and oxygen atoms in total. The molecule has 8 aromatic carbocycles. The van der Waals surface area contributed by atoms with E-state index in [9.17, 15) is 0 Å². The molecule has 10 aromatic rings. The summed E-state index contributed by atoms with van der Waals surface area (Å²) in [6.45, 7) is 14.2. The van der Waals surface area contributed by atoms with Crippen LogP contribution in [-0.2, 0) is 33.5 Å². The van der Waals surface area contributed by atoms with Crippen molar-refractivity contribution >= 4 is 57.5 Å². The molecule has 0 amide bonds. The summed E-state index contributed by atoms with van der Waals surface area (Å²) < 4.78 is 10.4. The molecule has 0 atom stereocenters. The van der Waals surface area contributed by atoms with Gasteiger partial charge in [0.2, 0.25) is 0 Å². The number of benzene rings is 8. The molecule has 2 aliphatic carbocycles. The quantitative estimate of drug-likeness (QED) is 0.117. The molecular weight excluding hydrogens is 1200 g/mol. The third-order valence-electron chi connectivity index (χ3n) is 17.0. The van der Waals surface area contributed by atoms with Crippen molar-refractivity contribution in [2.45, 2.75) is 52.4 Å². The van der Waals surface area contributed by atoms with Gasteiger partial charge in [0.05, 0.1) is 0 Å². The number of hydrogen-bond acceptors (Lipinski definition) is 3. The Labute approximate surface area is 490 Å². The van der Waals surface area contributed by atoms with Gasteiger partial charge in [0.15, 0.2) is 0 Å². The summed E-state index contributed by atoms with van der Waals surface area (Å²) in [6, 6.07) is 81.9. The normalized spacial score (nSPS) is 16.1. The van der Waals surface area contributed by atoms with Gasteiger partial charge in [-0.3, -0.25) is 0 Å². The topological polar surface area (TPSA) is 9.23 Å². The van der Waals surface area contributed by atoms with Crippen molar-refractivity contribution in [3.63, 3.8) is 0 Å². The van der Waals surface area contributed by atoms with Gasteiger partial charge in [-0.1, -0.05) is 41.5 Å². The molecule has 5 heteroatoms. The fraction of sp³-hybridized carbons (Fsp3) is 0.133. The van der Waals surface area contributed by atoms with Crippen LogP contribution in [0.3, 0.4) is 0 Å². The predicted molar refractivity (Wildman–Crippen MR) is 339 cm³/mol. The minimum atomic E-state index is -2.66. The first kappa shape index (κ1) is 52.3. The summed E-state index contributed by atoms with van der Waals surface area (Å²) in [5, 5.41) is 5.11. The van der Waals surface area contributed by atoms with Crippen LogP contribution in [0, 0.1) is 32.1 Å². The Hall–Kier alpha value is -7.07. The van der Waals surface area contributed by atoms with Crippen LogP contribution in [0.1, 0.15) is 90.4 Å². The molecule has 1 fully saturated rings. The molecule has 1 saturated heterocycles. The fourth-order valence-corrected chi connectivity index (χ4v) is 21.6. The van der Waals surface area contributed by atoms with Crippen molar-refractivity contribution in [3.8, 4) is 25.3 Å². The second-order valence-corrected chi connectivity index (χ2v) is 27.8. The van der Waals surface area contributed by atoms with E-state index >= 15 is 0 Å². The second kappa shape index (κ2) is 21.1. The SMILES string of the molecule is CC=C1COCC1=CC(=C([C]#[Os])[P+](c1ccccc1)(c1ccccc1)c1ccccc1)c1cc2c(s1)-c1cc3c(cc1C2(c1ccc(C)cc1)c1ccc(C)cc1)-c1sc(/C=C/C)cc1C3(c1ccc(C)cc1)c1ccc(C)cc1. The van der Waals surface area contributed by atoms with E-state index in [2.05, 4.69) is 283 Å². The van der Waals surface area contributed by atoms with Crippen LogP contribution in [0.2, 0.25) is 0 Å². The van der Waals surface area contributed by atoms with Crippen molar-refractivity contribution in [2.24, 2.45) is 0 Å². The van der Waals surface area contributed by atoms with Gasteiger partial charge in [-0.05, 0) is 26.8 Å². The maximum absolute atomic E-state index is 6.35. The number of aryl methyl sites for hydroxylation is 4. The van der Waals surface area contributed by atoms with Crippen molar-refractivity contribution in [1.29, 1.82) is 0 Å².